The second-order valence-corrected chi connectivity index (χ2v) is 11.3. The van der Waals surface area contributed by atoms with E-state index in [-0.39, 0.29) is 19.7 Å². The molecule has 210 valence electrons. The molecule has 0 unspecified atom stereocenters. The quantitative estimate of drug-likeness (QED) is 0.361. The van der Waals surface area contributed by atoms with Crippen molar-refractivity contribution in [3.63, 3.8) is 0 Å². The van der Waals surface area contributed by atoms with Crippen molar-refractivity contribution in [1.82, 2.24) is 14.6 Å². The number of rotatable bonds is 10. The molecule has 0 radical (unpaired) electrons. The minimum absolute atomic E-state index is 0.220. The molecular formula is C27H32F3N5O3S. The maximum absolute atomic E-state index is 13.8. The van der Waals surface area contributed by atoms with Gasteiger partial charge in [0.1, 0.15) is 12.4 Å². The molecule has 1 aromatic heterocycles. The number of anilines is 2. The van der Waals surface area contributed by atoms with Gasteiger partial charge < -0.3 is 20.7 Å². The fraction of sp³-hybridized carbons (Fsp3) is 0.370. The first-order valence-electron chi connectivity index (χ1n) is 12.6. The van der Waals surface area contributed by atoms with Crippen molar-refractivity contribution in [1.29, 1.82) is 0 Å². The molecule has 0 fully saturated rings. The van der Waals surface area contributed by atoms with Crippen LogP contribution in [0.2, 0.25) is 0 Å². The zero-order chi connectivity index (χ0) is 28.0. The average Bonchev–Trinajstić information content (AvgIpc) is 3.05. The number of pyridine rings is 1. The lowest BCUT2D eigenvalue weighted by molar-refractivity contribution is -0.0492. The second-order valence-electron chi connectivity index (χ2n) is 9.34. The molecule has 4 rings (SSSR count). The van der Waals surface area contributed by atoms with Gasteiger partial charge in [-0.2, -0.15) is 17.5 Å². The van der Waals surface area contributed by atoms with Crippen LogP contribution in [0, 0.1) is 0 Å². The zero-order valence-corrected chi connectivity index (χ0v) is 22.4. The number of benzene rings is 2. The van der Waals surface area contributed by atoms with Crippen LogP contribution in [0.25, 0.3) is 0 Å². The van der Waals surface area contributed by atoms with E-state index in [1.165, 1.54) is 0 Å². The van der Waals surface area contributed by atoms with E-state index in [1.807, 2.05) is 35.2 Å². The molecule has 12 heteroatoms. The largest absolute Gasteiger partial charge is 0.511 e. The van der Waals surface area contributed by atoms with E-state index in [0.29, 0.717) is 52.1 Å². The summed E-state index contributed by atoms with van der Waals surface area (Å²) in [6.45, 7) is 0.145. The molecule has 0 aliphatic carbocycles. The average molecular weight is 564 g/mol. The summed E-state index contributed by atoms with van der Waals surface area (Å²) in [5.41, 5.74) is 3.61. The molecule has 0 amide bonds. The summed E-state index contributed by atoms with van der Waals surface area (Å²) in [4.78, 5) is 6.33. The van der Waals surface area contributed by atoms with Crippen LogP contribution in [0.15, 0.2) is 66.9 Å². The smallest absolute Gasteiger partial charge is 0.492 e. The monoisotopic (exact) mass is 563 g/mol. The Labute approximate surface area is 226 Å². The topological polar surface area (TPSA) is 101 Å². The van der Waals surface area contributed by atoms with Gasteiger partial charge in [-0.15, -0.1) is 0 Å². The number of aromatic nitrogens is 1. The molecule has 8 nitrogen and oxygen atoms in total. The van der Waals surface area contributed by atoms with Crippen molar-refractivity contribution in [2.75, 3.05) is 37.4 Å². The minimum Gasteiger partial charge on any atom is -0.492 e. The molecule has 0 saturated heterocycles. The van der Waals surface area contributed by atoms with Crippen LogP contribution in [-0.2, 0) is 29.5 Å². The summed E-state index contributed by atoms with van der Waals surface area (Å²) in [5, 5.41) is 2.96. The number of nitrogen functional groups attached to an aromatic ring is 1. The van der Waals surface area contributed by atoms with Crippen LogP contribution in [0.3, 0.4) is 0 Å². The summed E-state index contributed by atoms with van der Waals surface area (Å²) in [6, 6.07) is 17.5. The lowest BCUT2D eigenvalue weighted by Crippen LogP contribution is -2.47. The van der Waals surface area contributed by atoms with Crippen LogP contribution in [0.5, 0.6) is 5.75 Å². The number of hydrogen-bond acceptors (Lipinski definition) is 7. The predicted octanol–water partition coefficient (Wildman–Crippen LogP) is 3.94. The van der Waals surface area contributed by atoms with Crippen LogP contribution < -0.4 is 20.7 Å². The van der Waals surface area contributed by atoms with Gasteiger partial charge in [-0.3, -0.25) is 4.98 Å². The number of halogens is 3. The van der Waals surface area contributed by atoms with E-state index < -0.39 is 28.1 Å². The molecule has 1 atom stereocenters. The van der Waals surface area contributed by atoms with Crippen molar-refractivity contribution >= 4 is 21.4 Å². The molecule has 2 heterocycles. The SMILES string of the molecule is CNCCOc1cccc2c1CN(S(=O)(=O)C(F)(F)F)C[C@@H](CCc1ccccc1)N2Cc1cc(N)ccn1. The van der Waals surface area contributed by atoms with Crippen LogP contribution in [0.4, 0.5) is 24.5 Å². The van der Waals surface area contributed by atoms with E-state index in [9.17, 15) is 21.6 Å². The standard InChI is InChI=1S/C27H32F3N5O3S/c1-32-14-15-38-26-9-5-8-25-24(26)19-34(39(36,37)27(28,29)30)18-23(11-10-20-6-3-2-4-7-20)35(25)17-22-16-21(31)12-13-33-22/h2-9,12-13,16,23,32H,10-11,14-15,17-19H2,1H3,(H2,31,33)/t23-/m1/s1. The summed E-state index contributed by atoms with van der Waals surface area (Å²) < 4.78 is 73.5. The molecular weight excluding hydrogens is 531 g/mol. The lowest BCUT2D eigenvalue weighted by Gasteiger charge is -2.34. The van der Waals surface area contributed by atoms with E-state index in [4.69, 9.17) is 10.5 Å². The van der Waals surface area contributed by atoms with Crippen molar-refractivity contribution in [3.8, 4) is 5.75 Å². The number of nitrogens with zero attached hydrogens (tertiary/aromatic N) is 3. The fourth-order valence-corrected chi connectivity index (χ4v) is 5.64. The van der Waals surface area contributed by atoms with Gasteiger partial charge in [-0.1, -0.05) is 36.4 Å². The molecule has 39 heavy (non-hydrogen) atoms. The van der Waals surface area contributed by atoms with E-state index >= 15 is 0 Å². The molecule has 0 saturated carbocycles. The van der Waals surface area contributed by atoms with Crippen LogP contribution in [0.1, 0.15) is 23.2 Å². The molecule has 1 aliphatic rings. The van der Waals surface area contributed by atoms with Gasteiger partial charge >= 0.3 is 15.5 Å². The van der Waals surface area contributed by atoms with E-state index in [1.54, 1.807) is 43.6 Å². The second kappa shape index (κ2) is 12.2. The van der Waals surface area contributed by atoms with Gasteiger partial charge in [0.15, 0.2) is 0 Å². The van der Waals surface area contributed by atoms with Gasteiger partial charge in [-0.25, -0.2) is 8.42 Å². The van der Waals surface area contributed by atoms with Crippen molar-refractivity contribution < 1.29 is 26.3 Å². The Morgan fingerprint density at radius 2 is 1.90 bits per heavy atom. The van der Waals surface area contributed by atoms with Gasteiger partial charge in [0, 0.05) is 48.8 Å². The number of alkyl halides is 3. The fourth-order valence-electron chi connectivity index (χ4n) is 4.68. The van der Waals surface area contributed by atoms with E-state index in [0.717, 1.165) is 5.56 Å². The Kier molecular flexibility index (Phi) is 8.98. The third kappa shape index (κ3) is 6.81. The molecule has 0 bridgehead atoms. The summed E-state index contributed by atoms with van der Waals surface area (Å²) in [7, 11) is -3.87. The number of aryl methyl sites for hydroxylation is 1. The zero-order valence-electron chi connectivity index (χ0n) is 21.6. The highest BCUT2D eigenvalue weighted by molar-refractivity contribution is 7.89. The molecule has 2 aromatic carbocycles. The van der Waals surface area contributed by atoms with Crippen molar-refractivity contribution in [3.05, 3.63) is 83.7 Å². The Morgan fingerprint density at radius 1 is 1.13 bits per heavy atom. The molecule has 3 N–H and O–H groups in total. The highest BCUT2D eigenvalue weighted by Crippen LogP contribution is 2.39. The van der Waals surface area contributed by atoms with Crippen LogP contribution in [-0.4, -0.2) is 56.0 Å². The van der Waals surface area contributed by atoms with Gasteiger partial charge in [-0.05, 0) is 49.7 Å². The number of fused-ring (bicyclic) bond motifs is 1. The summed E-state index contributed by atoms with van der Waals surface area (Å²) in [6.07, 6.45) is 2.51. The maximum Gasteiger partial charge on any atom is 0.511 e. The van der Waals surface area contributed by atoms with E-state index in [2.05, 4.69) is 10.3 Å². The Bertz CT molecular complexity index is 1360. The number of nitrogens with two attached hydrogens (primary N) is 1. The van der Waals surface area contributed by atoms with Crippen molar-refractivity contribution in [2.24, 2.45) is 0 Å². The minimum atomic E-state index is -5.62. The number of likely N-dealkylation sites (N-methyl/N-ethyl adjacent to an activating group) is 1. The Morgan fingerprint density at radius 3 is 2.59 bits per heavy atom. The molecule has 0 spiro atoms. The van der Waals surface area contributed by atoms with Gasteiger partial charge in [0.2, 0.25) is 0 Å². The van der Waals surface area contributed by atoms with Gasteiger partial charge in [0.05, 0.1) is 12.2 Å². The first-order chi connectivity index (χ1) is 18.6. The Balaban J connectivity index is 1.82. The lowest BCUT2D eigenvalue weighted by atomic mass is 10.0. The highest BCUT2D eigenvalue weighted by Gasteiger charge is 2.51. The first kappa shape index (κ1) is 28.7. The normalized spacial score (nSPS) is 16.5. The summed E-state index contributed by atoms with van der Waals surface area (Å²) >= 11 is 0. The first-order valence-corrected chi connectivity index (χ1v) is 14.0. The van der Waals surface area contributed by atoms with Gasteiger partial charge in [0.25, 0.3) is 0 Å². The molecule has 1 aliphatic heterocycles. The molecule has 3 aromatic rings. The van der Waals surface area contributed by atoms with Crippen molar-refractivity contribution in [2.45, 2.75) is 37.5 Å². The number of nitrogens with one attached hydrogen (secondary N) is 1. The third-order valence-electron chi connectivity index (χ3n) is 6.63. The maximum atomic E-state index is 13.8. The summed E-state index contributed by atoms with van der Waals surface area (Å²) in [5.74, 6) is 0.333. The number of sulfonamides is 1. The predicted molar refractivity (Wildman–Crippen MR) is 145 cm³/mol. The number of ether oxygens (including phenoxy) is 1. The number of hydrogen-bond donors (Lipinski definition) is 2. The highest BCUT2D eigenvalue weighted by atomic mass is 32.2. The Hall–Kier alpha value is -3.35. The third-order valence-corrected chi connectivity index (χ3v) is 8.17. The van der Waals surface area contributed by atoms with Crippen LogP contribution >= 0.6 is 0 Å².